The third-order valence-corrected chi connectivity index (χ3v) is 3.79. The summed E-state index contributed by atoms with van der Waals surface area (Å²) >= 11 is 0. The van der Waals surface area contributed by atoms with Gasteiger partial charge in [0.15, 0.2) is 9.84 Å². The molecule has 106 valence electrons. The van der Waals surface area contributed by atoms with Crippen LogP contribution in [-0.4, -0.2) is 19.7 Å². The van der Waals surface area contributed by atoms with Crippen molar-refractivity contribution < 1.29 is 21.6 Å². The Bertz CT molecular complexity index is 722. The van der Waals surface area contributed by atoms with Gasteiger partial charge >= 0.3 is 6.18 Å². The molecule has 1 heterocycles. The van der Waals surface area contributed by atoms with Crippen molar-refractivity contribution in [3.63, 3.8) is 0 Å². The SMILES string of the molecule is CS(=O)(=O)c1ccc(-c2cc(C(F)(F)F)ccn2)cc1. The Hall–Kier alpha value is -1.89. The topological polar surface area (TPSA) is 47.0 Å². The maximum atomic E-state index is 12.6. The van der Waals surface area contributed by atoms with Crippen molar-refractivity contribution in [2.45, 2.75) is 11.1 Å². The summed E-state index contributed by atoms with van der Waals surface area (Å²) in [5, 5.41) is 0. The normalized spacial score (nSPS) is 12.4. The number of hydrogen-bond acceptors (Lipinski definition) is 3. The van der Waals surface area contributed by atoms with Gasteiger partial charge in [-0.05, 0) is 24.3 Å². The molecule has 3 nitrogen and oxygen atoms in total. The van der Waals surface area contributed by atoms with Crippen molar-refractivity contribution in [1.29, 1.82) is 0 Å². The first kappa shape index (κ1) is 14.5. The van der Waals surface area contributed by atoms with Gasteiger partial charge in [0.05, 0.1) is 16.2 Å². The molecule has 0 aliphatic rings. The van der Waals surface area contributed by atoms with Gasteiger partial charge < -0.3 is 0 Å². The van der Waals surface area contributed by atoms with Gasteiger partial charge in [-0.25, -0.2) is 8.42 Å². The molecule has 0 unspecified atom stereocenters. The number of halogens is 3. The molecule has 0 atom stereocenters. The summed E-state index contributed by atoms with van der Waals surface area (Å²) < 4.78 is 60.4. The lowest BCUT2D eigenvalue weighted by molar-refractivity contribution is -0.137. The van der Waals surface area contributed by atoms with E-state index in [-0.39, 0.29) is 10.6 Å². The van der Waals surface area contributed by atoms with Crippen molar-refractivity contribution in [3.8, 4) is 11.3 Å². The van der Waals surface area contributed by atoms with E-state index in [1.165, 1.54) is 24.3 Å². The number of nitrogens with zero attached hydrogens (tertiary/aromatic N) is 1. The molecule has 7 heteroatoms. The smallest absolute Gasteiger partial charge is 0.256 e. The molecule has 1 aromatic heterocycles. The maximum Gasteiger partial charge on any atom is 0.416 e. The van der Waals surface area contributed by atoms with Crippen molar-refractivity contribution in [1.82, 2.24) is 4.98 Å². The second kappa shape index (κ2) is 4.90. The number of rotatable bonds is 2. The molecule has 0 saturated carbocycles. The minimum atomic E-state index is -4.44. The molecule has 0 aliphatic heterocycles. The Balaban J connectivity index is 2.43. The van der Waals surface area contributed by atoms with E-state index in [0.29, 0.717) is 5.56 Å². The van der Waals surface area contributed by atoms with Crippen molar-refractivity contribution in [2.75, 3.05) is 6.26 Å². The van der Waals surface area contributed by atoms with E-state index in [1.807, 2.05) is 0 Å². The average Bonchev–Trinajstić information content (AvgIpc) is 2.37. The van der Waals surface area contributed by atoms with Crippen LogP contribution < -0.4 is 0 Å². The number of benzene rings is 1. The standard InChI is InChI=1S/C13H10F3NO2S/c1-20(18,19)11-4-2-9(3-5-11)12-8-10(6-7-17-12)13(14,15)16/h2-8H,1H3. The Kier molecular flexibility index (Phi) is 3.56. The molecule has 2 rings (SSSR count). The van der Waals surface area contributed by atoms with E-state index in [2.05, 4.69) is 4.98 Å². The highest BCUT2D eigenvalue weighted by Crippen LogP contribution is 2.31. The number of aromatic nitrogens is 1. The highest BCUT2D eigenvalue weighted by atomic mass is 32.2. The van der Waals surface area contributed by atoms with Crippen molar-refractivity contribution >= 4 is 9.84 Å². The van der Waals surface area contributed by atoms with Gasteiger partial charge in [0.1, 0.15) is 0 Å². The quantitative estimate of drug-likeness (QED) is 0.856. The molecule has 0 fully saturated rings. The molecule has 0 saturated heterocycles. The molecule has 0 N–H and O–H groups in total. The molecule has 20 heavy (non-hydrogen) atoms. The third kappa shape index (κ3) is 3.16. The third-order valence-electron chi connectivity index (χ3n) is 2.67. The van der Waals surface area contributed by atoms with E-state index in [1.54, 1.807) is 0 Å². The molecule has 0 amide bonds. The molecular weight excluding hydrogens is 291 g/mol. The Morgan fingerprint density at radius 2 is 1.65 bits per heavy atom. The van der Waals surface area contributed by atoms with Gasteiger partial charge in [0.25, 0.3) is 0 Å². The zero-order chi connectivity index (χ0) is 15.0. The van der Waals surface area contributed by atoms with Crippen LogP contribution in [0.3, 0.4) is 0 Å². The predicted molar refractivity (Wildman–Crippen MR) is 67.8 cm³/mol. The number of sulfone groups is 1. The van der Waals surface area contributed by atoms with E-state index in [0.717, 1.165) is 24.6 Å². The van der Waals surface area contributed by atoms with Gasteiger partial charge in [-0.2, -0.15) is 13.2 Å². The lowest BCUT2D eigenvalue weighted by atomic mass is 10.1. The molecule has 0 aliphatic carbocycles. The summed E-state index contributed by atoms with van der Waals surface area (Å²) in [4.78, 5) is 3.97. The second-order valence-corrected chi connectivity index (χ2v) is 6.24. The van der Waals surface area contributed by atoms with E-state index < -0.39 is 21.6 Å². The summed E-state index contributed by atoms with van der Waals surface area (Å²) in [5.41, 5.74) is -0.238. The Labute approximate surface area is 114 Å². The Morgan fingerprint density at radius 3 is 2.15 bits per heavy atom. The van der Waals surface area contributed by atoms with Crippen LogP contribution in [0.2, 0.25) is 0 Å². The minimum Gasteiger partial charge on any atom is -0.256 e. The van der Waals surface area contributed by atoms with E-state index in [9.17, 15) is 21.6 Å². The number of pyridine rings is 1. The van der Waals surface area contributed by atoms with Crippen LogP contribution in [0.5, 0.6) is 0 Å². The fourth-order valence-corrected chi connectivity index (χ4v) is 2.27. The van der Waals surface area contributed by atoms with Crippen LogP contribution in [0.1, 0.15) is 5.56 Å². The van der Waals surface area contributed by atoms with E-state index >= 15 is 0 Å². The van der Waals surface area contributed by atoms with Crippen LogP contribution in [0.25, 0.3) is 11.3 Å². The zero-order valence-corrected chi connectivity index (χ0v) is 11.2. The molecule has 0 spiro atoms. The lowest BCUT2D eigenvalue weighted by Gasteiger charge is -2.08. The average molecular weight is 301 g/mol. The fourth-order valence-electron chi connectivity index (χ4n) is 1.64. The largest absolute Gasteiger partial charge is 0.416 e. The van der Waals surface area contributed by atoms with E-state index in [4.69, 9.17) is 0 Å². The molecule has 0 bridgehead atoms. The first-order valence-corrected chi connectivity index (χ1v) is 7.41. The lowest BCUT2D eigenvalue weighted by Crippen LogP contribution is -2.05. The van der Waals surface area contributed by atoms with Gasteiger partial charge in [-0.3, -0.25) is 4.98 Å². The first-order chi connectivity index (χ1) is 9.18. The summed E-state index contributed by atoms with van der Waals surface area (Å²) in [6, 6.07) is 7.35. The second-order valence-electron chi connectivity index (χ2n) is 4.22. The number of hydrogen-bond donors (Lipinski definition) is 0. The molecular formula is C13H10F3NO2S. The molecule has 1 aromatic carbocycles. The van der Waals surface area contributed by atoms with Gasteiger partial charge in [-0.1, -0.05) is 12.1 Å². The summed E-state index contributed by atoms with van der Waals surface area (Å²) in [6.07, 6.45) is -2.31. The van der Waals surface area contributed by atoms with Crippen LogP contribution >= 0.6 is 0 Å². The van der Waals surface area contributed by atoms with Crippen LogP contribution in [0, 0.1) is 0 Å². The monoisotopic (exact) mass is 301 g/mol. The van der Waals surface area contributed by atoms with Crippen LogP contribution in [0.15, 0.2) is 47.5 Å². The Morgan fingerprint density at radius 1 is 1.05 bits per heavy atom. The van der Waals surface area contributed by atoms with Gasteiger partial charge in [0, 0.05) is 18.0 Å². The van der Waals surface area contributed by atoms with Crippen molar-refractivity contribution in [3.05, 3.63) is 48.2 Å². The summed E-state index contributed by atoms with van der Waals surface area (Å²) in [5.74, 6) is 0. The summed E-state index contributed by atoms with van der Waals surface area (Å²) in [7, 11) is -3.33. The predicted octanol–water partition coefficient (Wildman–Crippen LogP) is 3.17. The first-order valence-electron chi connectivity index (χ1n) is 5.52. The molecule has 2 aromatic rings. The fraction of sp³-hybridized carbons (Fsp3) is 0.154. The minimum absolute atomic E-state index is 0.105. The van der Waals surface area contributed by atoms with Crippen LogP contribution in [0.4, 0.5) is 13.2 Å². The summed E-state index contributed by atoms with van der Waals surface area (Å²) in [6.45, 7) is 0. The highest BCUT2D eigenvalue weighted by molar-refractivity contribution is 7.90. The maximum absolute atomic E-state index is 12.6. The number of alkyl halides is 3. The van der Waals surface area contributed by atoms with Crippen molar-refractivity contribution in [2.24, 2.45) is 0 Å². The zero-order valence-electron chi connectivity index (χ0n) is 10.3. The van der Waals surface area contributed by atoms with Gasteiger partial charge in [0.2, 0.25) is 0 Å². The molecule has 0 radical (unpaired) electrons. The highest BCUT2D eigenvalue weighted by Gasteiger charge is 2.30. The van der Waals surface area contributed by atoms with Gasteiger partial charge in [-0.15, -0.1) is 0 Å². The van der Waals surface area contributed by atoms with Crippen LogP contribution in [-0.2, 0) is 16.0 Å².